The largest absolute Gasteiger partial charge is 0.325 e. The maximum absolute atomic E-state index is 12.2. The lowest BCUT2D eigenvalue weighted by Gasteiger charge is -2.08. The van der Waals surface area contributed by atoms with E-state index in [1.807, 2.05) is 56.3 Å². The van der Waals surface area contributed by atoms with Gasteiger partial charge in [-0.3, -0.25) is 9.59 Å². The van der Waals surface area contributed by atoms with Crippen molar-refractivity contribution in [2.24, 2.45) is 0 Å². The number of nitrogens with one attached hydrogen (secondary N) is 2. The van der Waals surface area contributed by atoms with Crippen LogP contribution in [0.25, 0.3) is 10.8 Å². The summed E-state index contributed by atoms with van der Waals surface area (Å²) in [5.74, 6) is 0.197. The maximum atomic E-state index is 12.2. The zero-order valence-electron chi connectivity index (χ0n) is 14.1. The van der Waals surface area contributed by atoms with E-state index in [0.29, 0.717) is 5.16 Å². The number of carbonyl (C=O) groups is 1. The van der Waals surface area contributed by atoms with Gasteiger partial charge >= 0.3 is 0 Å². The van der Waals surface area contributed by atoms with E-state index in [-0.39, 0.29) is 23.1 Å². The van der Waals surface area contributed by atoms with Crippen LogP contribution in [0.1, 0.15) is 25.5 Å². The van der Waals surface area contributed by atoms with Gasteiger partial charge in [0.15, 0.2) is 5.16 Å². The van der Waals surface area contributed by atoms with E-state index in [1.54, 1.807) is 0 Å². The summed E-state index contributed by atoms with van der Waals surface area (Å²) in [6.45, 7) is 3.95. The maximum Gasteiger partial charge on any atom is 0.251 e. The molecule has 0 atom stereocenters. The highest BCUT2D eigenvalue weighted by Gasteiger charge is 2.09. The van der Waals surface area contributed by atoms with Gasteiger partial charge in [-0.25, -0.2) is 4.98 Å². The van der Waals surface area contributed by atoms with Crippen molar-refractivity contribution in [2.75, 3.05) is 11.1 Å². The van der Waals surface area contributed by atoms with E-state index in [0.717, 1.165) is 22.2 Å². The number of carbonyl (C=O) groups excluding carboxylic acids is 1. The molecule has 0 aliphatic rings. The predicted molar refractivity (Wildman–Crippen MR) is 102 cm³/mol. The van der Waals surface area contributed by atoms with Crippen LogP contribution in [0, 0.1) is 0 Å². The molecule has 0 bridgehead atoms. The molecule has 0 spiro atoms. The summed E-state index contributed by atoms with van der Waals surface area (Å²) in [6, 6.07) is 15.3. The molecule has 2 aromatic carbocycles. The molecule has 0 fully saturated rings. The van der Waals surface area contributed by atoms with Gasteiger partial charge in [0.05, 0.1) is 11.4 Å². The van der Waals surface area contributed by atoms with Gasteiger partial charge in [-0.05, 0) is 28.8 Å². The molecule has 2 N–H and O–H groups in total. The Labute approximate surface area is 149 Å². The molecule has 3 aromatic rings. The monoisotopic (exact) mass is 353 g/mol. The summed E-state index contributed by atoms with van der Waals surface area (Å²) in [4.78, 5) is 30.9. The van der Waals surface area contributed by atoms with Crippen molar-refractivity contribution in [3.05, 3.63) is 64.6 Å². The molecule has 0 aliphatic heterocycles. The fraction of sp³-hybridized carbons (Fsp3) is 0.211. The van der Waals surface area contributed by atoms with Gasteiger partial charge in [0, 0.05) is 11.8 Å². The van der Waals surface area contributed by atoms with E-state index in [2.05, 4.69) is 15.3 Å². The van der Waals surface area contributed by atoms with Crippen LogP contribution in [-0.2, 0) is 4.79 Å². The summed E-state index contributed by atoms with van der Waals surface area (Å²) in [6.07, 6.45) is 0. The summed E-state index contributed by atoms with van der Waals surface area (Å²) >= 11 is 1.22. The summed E-state index contributed by atoms with van der Waals surface area (Å²) < 4.78 is 0. The number of H-pyrrole nitrogens is 1. The topological polar surface area (TPSA) is 74.8 Å². The van der Waals surface area contributed by atoms with Crippen LogP contribution in [0.3, 0.4) is 0 Å². The van der Waals surface area contributed by atoms with Crippen molar-refractivity contribution in [3.8, 4) is 0 Å². The lowest BCUT2D eigenvalue weighted by atomic mass is 10.1. The molecule has 0 radical (unpaired) electrons. The number of thioether (sulfide) groups is 1. The SMILES string of the molecule is CC(C)c1cc(=O)[nH]c(SCC(=O)Nc2ccc3ccccc3c2)n1. The minimum absolute atomic E-state index is 0.141. The van der Waals surface area contributed by atoms with Gasteiger partial charge in [0.25, 0.3) is 5.56 Å². The number of aromatic amines is 1. The molecule has 25 heavy (non-hydrogen) atoms. The minimum Gasteiger partial charge on any atom is -0.325 e. The van der Waals surface area contributed by atoms with Gasteiger partial charge in [0.1, 0.15) is 0 Å². The number of amides is 1. The van der Waals surface area contributed by atoms with Crippen LogP contribution in [0.15, 0.2) is 58.5 Å². The van der Waals surface area contributed by atoms with Gasteiger partial charge < -0.3 is 10.3 Å². The molecule has 0 aliphatic carbocycles. The van der Waals surface area contributed by atoms with Crippen LogP contribution >= 0.6 is 11.8 Å². The fourth-order valence-electron chi connectivity index (χ4n) is 2.42. The van der Waals surface area contributed by atoms with Crippen molar-refractivity contribution in [1.82, 2.24) is 9.97 Å². The third-order valence-electron chi connectivity index (χ3n) is 3.70. The first-order chi connectivity index (χ1) is 12.0. The highest BCUT2D eigenvalue weighted by atomic mass is 32.2. The lowest BCUT2D eigenvalue weighted by Crippen LogP contribution is -2.16. The summed E-state index contributed by atoms with van der Waals surface area (Å²) in [7, 11) is 0. The average Bonchev–Trinajstić information content (AvgIpc) is 2.59. The highest BCUT2D eigenvalue weighted by molar-refractivity contribution is 7.99. The van der Waals surface area contributed by atoms with Crippen molar-refractivity contribution < 1.29 is 4.79 Å². The van der Waals surface area contributed by atoms with Gasteiger partial charge in [0.2, 0.25) is 5.91 Å². The number of fused-ring (bicyclic) bond motifs is 1. The summed E-state index contributed by atoms with van der Waals surface area (Å²) in [5.41, 5.74) is 1.28. The second-order valence-corrected chi connectivity index (χ2v) is 6.99. The Hall–Kier alpha value is -2.60. The molecule has 128 valence electrons. The molecular formula is C19H19N3O2S. The second-order valence-electron chi connectivity index (χ2n) is 6.03. The Morgan fingerprint density at radius 1 is 1.16 bits per heavy atom. The standard InChI is InChI=1S/C19H19N3O2S/c1-12(2)16-10-17(23)22-19(21-16)25-11-18(24)20-15-8-7-13-5-3-4-6-14(13)9-15/h3-10,12H,11H2,1-2H3,(H,20,24)(H,21,22,23). The Bertz CT molecular complexity index is 966. The number of rotatable bonds is 5. The Morgan fingerprint density at radius 3 is 2.68 bits per heavy atom. The number of benzene rings is 2. The molecule has 3 rings (SSSR count). The van der Waals surface area contributed by atoms with Gasteiger partial charge in [-0.2, -0.15) is 0 Å². The number of aromatic nitrogens is 2. The first kappa shape index (κ1) is 17.2. The van der Waals surface area contributed by atoms with Crippen molar-refractivity contribution in [1.29, 1.82) is 0 Å². The third kappa shape index (κ3) is 4.48. The zero-order valence-corrected chi connectivity index (χ0v) is 14.9. The highest BCUT2D eigenvalue weighted by Crippen LogP contribution is 2.20. The fourth-order valence-corrected chi connectivity index (χ4v) is 3.10. The van der Waals surface area contributed by atoms with Gasteiger partial charge in [-0.1, -0.05) is 55.9 Å². The molecule has 1 aromatic heterocycles. The smallest absolute Gasteiger partial charge is 0.251 e. The van der Waals surface area contributed by atoms with E-state index < -0.39 is 0 Å². The van der Waals surface area contributed by atoms with Crippen LogP contribution in [0.4, 0.5) is 5.69 Å². The van der Waals surface area contributed by atoms with E-state index in [4.69, 9.17) is 0 Å². The van der Waals surface area contributed by atoms with E-state index in [9.17, 15) is 9.59 Å². The lowest BCUT2D eigenvalue weighted by molar-refractivity contribution is -0.113. The molecule has 1 amide bonds. The Balaban J connectivity index is 1.65. The zero-order chi connectivity index (χ0) is 17.8. The van der Waals surface area contributed by atoms with Gasteiger partial charge in [-0.15, -0.1) is 0 Å². The quantitative estimate of drug-likeness (QED) is 0.541. The molecule has 6 heteroatoms. The third-order valence-corrected chi connectivity index (χ3v) is 4.58. The first-order valence-corrected chi connectivity index (χ1v) is 9.02. The molecule has 0 saturated carbocycles. The average molecular weight is 353 g/mol. The minimum atomic E-state index is -0.198. The van der Waals surface area contributed by atoms with Crippen molar-refractivity contribution >= 4 is 34.1 Å². The summed E-state index contributed by atoms with van der Waals surface area (Å²) in [5, 5.41) is 5.54. The molecule has 0 unspecified atom stereocenters. The predicted octanol–water partition coefficient (Wildman–Crippen LogP) is 3.78. The normalized spacial score (nSPS) is 11.0. The molecular weight excluding hydrogens is 334 g/mol. The second kappa shape index (κ2) is 7.53. The van der Waals surface area contributed by atoms with Crippen LogP contribution in [-0.4, -0.2) is 21.6 Å². The number of anilines is 1. The number of nitrogens with zero attached hydrogens (tertiary/aromatic N) is 1. The number of hydrogen-bond donors (Lipinski definition) is 2. The van der Waals surface area contributed by atoms with E-state index in [1.165, 1.54) is 17.8 Å². The molecule has 1 heterocycles. The van der Waals surface area contributed by atoms with Crippen LogP contribution < -0.4 is 10.9 Å². The molecule has 0 saturated heterocycles. The Kier molecular flexibility index (Phi) is 5.19. The van der Waals surface area contributed by atoms with Crippen molar-refractivity contribution in [2.45, 2.75) is 24.9 Å². The first-order valence-electron chi connectivity index (χ1n) is 8.04. The molecule has 5 nitrogen and oxygen atoms in total. The van der Waals surface area contributed by atoms with E-state index >= 15 is 0 Å². The number of hydrogen-bond acceptors (Lipinski definition) is 4. The van der Waals surface area contributed by atoms with Crippen LogP contribution in [0.2, 0.25) is 0 Å². The Morgan fingerprint density at radius 2 is 1.92 bits per heavy atom. The van der Waals surface area contributed by atoms with Crippen LogP contribution in [0.5, 0.6) is 0 Å². The van der Waals surface area contributed by atoms with Crippen molar-refractivity contribution in [3.63, 3.8) is 0 Å².